The molecule has 1 aliphatic rings. The van der Waals surface area contributed by atoms with Gasteiger partial charge in [0.1, 0.15) is 12.6 Å². The normalized spacial score (nSPS) is 14.8. The second-order valence-corrected chi connectivity index (χ2v) is 14.1. The number of nitrogens with zero attached hydrogens (tertiary/aromatic N) is 2. The van der Waals surface area contributed by atoms with Gasteiger partial charge in [-0.25, -0.2) is 8.42 Å². The number of rotatable bonds is 11. The molecule has 0 heterocycles. The molecule has 0 saturated heterocycles. The van der Waals surface area contributed by atoms with E-state index < -0.39 is 56.9 Å². The summed E-state index contributed by atoms with van der Waals surface area (Å²) in [7, 11) is -4.59. The van der Waals surface area contributed by atoms with Gasteiger partial charge in [0, 0.05) is 22.6 Å². The summed E-state index contributed by atoms with van der Waals surface area (Å²) >= 11 is 18.4. The number of hydrogen-bond donors (Lipinski definition) is 1. The van der Waals surface area contributed by atoms with Crippen LogP contribution >= 0.6 is 34.8 Å². The van der Waals surface area contributed by atoms with Gasteiger partial charge in [-0.15, -0.1) is 0 Å². The number of carbonyl (C=O) groups is 2. The Morgan fingerprint density at radius 1 is 0.935 bits per heavy atom. The van der Waals surface area contributed by atoms with E-state index in [2.05, 4.69) is 5.32 Å². The Bertz CT molecular complexity index is 1650. The molecule has 3 aromatic rings. The fourth-order valence-electron chi connectivity index (χ4n) is 5.43. The smallest absolute Gasteiger partial charge is 0.352 e. The lowest BCUT2D eigenvalue weighted by Gasteiger charge is -2.34. The van der Waals surface area contributed by atoms with Gasteiger partial charge in [-0.3, -0.25) is 13.9 Å². The van der Waals surface area contributed by atoms with E-state index in [9.17, 15) is 31.2 Å². The maximum atomic E-state index is 14.3. The first-order valence-electron chi connectivity index (χ1n) is 14.7. The van der Waals surface area contributed by atoms with Crippen molar-refractivity contribution in [2.24, 2.45) is 0 Å². The average molecular weight is 719 g/mol. The van der Waals surface area contributed by atoms with Gasteiger partial charge in [0.15, 0.2) is 0 Å². The molecule has 3 aromatic carbocycles. The Morgan fingerprint density at radius 2 is 1.61 bits per heavy atom. The fraction of sp³-hybridized carbons (Fsp3) is 0.375. The molecule has 1 saturated carbocycles. The van der Waals surface area contributed by atoms with Gasteiger partial charge in [-0.1, -0.05) is 85.3 Å². The Morgan fingerprint density at radius 3 is 2.22 bits per heavy atom. The molecule has 1 fully saturated rings. The van der Waals surface area contributed by atoms with E-state index in [1.54, 1.807) is 25.1 Å². The first-order chi connectivity index (χ1) is 21.7. The first-order valence-corrected chi connectivity index (χ1v) is 17.3. The molecule has 248 valence electrons. The summed E-state index contributed by atoms with van der Waals surface area (Å²) < 4.78 is 70.0. The Balaban J connectivity index is 1.78. The van der Waals surface area contributed by atoms with E-state index in [1.165, 1.54) is 35.2 Å². The number of nitrogens with one attached hydrogen (secondary N) is 1. The molecule has 14 heteroatoms. The lowest BCUT2D eigenvalue weighted by Crippen LogP contribution is -2.54. The van der Waals surface area contributed by atoms with Gasteiger partial charge < -0.3 is 10.2 Å². The Hall–Kier alpha value is -2.99. The zero-order valence-corrected chi connectivity index (χ0v) is 28.0. The van der Waals surface area contributed by atoms with Crippen molar-refractivity contribution in [1.29, 1.82) is 0 Å². The predicted octanol–water partition coefficient (Wildman–Crippen LogP) is 8.12. The highest BCUT2D eigenvalue weighted by molar-refractivity contribution is 7.92. The van der Waals surface area contributed by atoms with Crippen molar-refractivity contribution in [1.82, 2.24) is 10.2 Å². The number of halogens is 6. The van der Waals surface area contributed by atoms with E-state index in [-0.39, 0.29) is 28.9 Å². The zero-order valence-electron chi connectivity index (χ0n) is 24.9. The monoisotopic (exact) mass is 717 g/mol. The van der Waals surface area contributed by atoms with Crippen LogP contribution in [0.15, 0.2) is 71.6 Å². The standard InChI is InChI=1S/C32H33Cl3F3N3O4S/c1-2-29(31(43)39-23-9-5-3-6-10-23)40(19-21-13-14-22(33)17-28(21)35)30(42)20-41(46(44,45)25-11-7-4-8-12-25)24-15-16-27(34)26(18-24)32(36,37)38/h4,7-8,11-18,23,29H,2-3,5-6,9-10,19-20H2,1H3,(H,39,43)/t29-/m0/s1. The minimum absolute atomic E-state index is 0.0730. The van der Waals surface area contributed by atoms with Gasteiger partial charge in [0.25, 0.3) is 10.0 Å². The molecule has 4 rings (SSSR count). The lowest BCUT2D eigenvalue weighted by molar-refractivity contribution is -0.140. The van der Waals surface area contributed by atoms with Crippen molar-refractivity contribution < 1.29 is 31.2 Å². The third-order valence-electron chi connectivity index (χ3n) is 7.85. The van der Waals surface area contributed by atoms with Crippen LogP contribution in [0.1, 0.15) is 56.6 Å². The van der Waals surface area contributed by atoms with Crippen LogP contribution in [0.3, 0.4) is 0 Å². The molecule has 2 amide bonds. The average Bonchev–Trinajstić information content (AvgIpc) is 3.01. The van der Waals surface area contributed by atoms with Crippen LogP contribution in [-0.2, 0) is 32.3 Å². The third kappa shape index (κ3) is 8.67. The quantitative estimate of drug-likeness (QED) is 0.217. The largest absolute Gasteiger partial charge is 0.417 e. The van der Waals surface area contributed by atoms with Crippen LogP contribution in [0, 0.1) is 0 Å². The van der Waals surface area contributed by atoms with E-state index in [1.807, 2.05) is 0 Å². The molecule has 7 nitrogen and oxygen atoms in total. The number of amides is 2. The Labute approximate surface area is 281 Å². The van der Waals surface area contributed by atoms with Crippen molar-refractivity contribution in [3.05, 3.63) is 92.9 Å². The van der Waals surface area contributed by atoms with Crippen LogP contribution < -0.4 is 9.62 Å². The zero-order chi connectivity index (χ0) is 33.6. The van der Waals surface area contributed by atoms with E-state index in [0.717, 1.165) is 44.2 Å². The molecule has 0 radical (unpaired) electrons. The first kappa shape index (κ1) is 35.9. The highest BCUT2D eigenvalue weighted by Gasteiger charge is 2.37. The molecule has 0 spiro atoms. The predicted molar refractivity (Wildman–Crippen MR) is 174 cm³/mol. The van der Waals surface area contributed by atoms with Crippen molar-refractivity contribution in [3.8, 4) is 0 Å². The molecule has 1 N–H and O–H groups in total. The number of alkyl halides is 3. The van der Waals surface area contributed by atoms with Gasteiger partial charge >= 0.3 is 6.18 Å². The highest BCUT2D eigenvalue weighted by Crippen LogP contribution is 2.38. The van der Waals surface area contributed by atoms with Gasteiger partial charge in [0.05, 0.1) is 21.2 Å². The van der Waals surface area contributed by atoms with Gasteiger partial charge in [-0.2, -0.15) is 13.2 Å². The SMILES string of the molecule is CC[C@@H](C(=O)NC1CCCCC1)N(Cc1ccc(Cl)cc1Cl)C(=O)CN(c1ccc(Cl)c(C(F)(F)F)c1)S(=O)(=O)c1ccccc1. The number of carbonyl (C=O) groups excluding carboxylic acids is 2. The Kier molecular flexibility index (Phi) is 11.9. The highest BCUT2D eigenvalue weighted by atomic mass is 35.5. The van der Waals surface area contributed by atoms with Crippen molar-refractivity contribution in [3.63, 3.8) is 0 Å². The van der Waals surface area contributed by atoms with Gasteiger partial charge in [-0.05, 0) is 67.3 Å². The number of sulfonamides is 1. The maximum Gasteiger partial charge on any atom is 0.417 e. The molecular formula is C32H33Cl3F3N3O4S. The summed E-state index contributed by atoms with van der Waals surface area (Å²) in [5.74, 6) is -1.25. The van der Waals surface area contributed by atoms with Crippen molar-refractivity contribution in [2.75, 3.05) is 10.8 Å². The minimum atomic E-state index is -4.90. The lowest BCUT2D eigenvalue weighted by atomic mass is 9.95. The molecule has 46 heavy (non-hydrogen) atoms. The molecule has 0 bridgehead atoms. The molecule has 0 aromatic heterocycles. The van der Waals surface area contributed by atoms with Crippen LogP contribution in [0.5, 0.6) is 0 Å². The van der Waals surface area contributed by atoms with Crippen molar-refractivity contribution >= 4 is 62.3 Å². The topological polar surface area (TPSA) is 86.8 Å². The van der Waals surface area contributed by atoms with E-state index in [0.29, 0.717) is 21.0 Å². The summed E-state index contributed by atoms with van der Waals surface area (Å²) in [6, 6.07) is 13.1. The van der Waals surface area contributed by atoms with Crippen LogP contribution in [0.2, 0.25) is 15.1 Å². The summed E-state index contributed by atoms with van der Waals surface area (Å²) in [6.07, 6.45) is -0.173. The molecule has 1 aliphatic carbocycles. The van der Waals surface area contributed by atoms with Crippen LogP contribution in [0.25, 0.3) is 0 Å². The van der Waals surface area contributed by atoms with Crippen molar-refractivity contribution in [2.45, 2.75) is 75.1 Å². The summed E-state index contributed by atoms with van der Waals surface area (Å²) in [5.41, 5.74) is -1.26. The second-order valence-electron chi connectivity index (χ2n) is 11.0. The molecule has 0 aliphatic heterocycles. The molecule has 1 atom stereocenters. The summed E-state index contributed by atoms with van der Waals surface area (Å²) in [4.78, 5) is 28.9. The van der Waals surface area contributed by atoms with Crippen LogP contribution in [0.4, 0.5) is 18.9 Å². The van der Waals surface area contributed by atoms with E-state index in [4.69, 9.17) is 34.8 Å². The molecule has 0 unspecified atom stereocenters. The van der Waals surface area contributed by atoms with Gasteiger partial charge in [0.2, 0.25) is 11.8 Å². The third-order valence-corrected chi connectivity index (χ3v) is 10.6. The minimum Gasteiger partial charge on any atom is -0.352 e. The number of benzene rings is 3. The number of anilines is 1. The maximum absolute atomic E-state index is 14.3. The van der Waals surface area contributed by atoms with E-state index >= 15 is 0 Å². The van der Waals surface area contributed by atoms with Crippen LogP contribution in [-0.4, -0.2) is 43.8 Å². The number of hydrogen-bond acceptors (Lipinski definition) is 4. The fourth-order valence-corrected chi connectivity index (χ4v) is 7.55. The summed E-state index contributed by atoms with van der Waals surface area (Å²) in [5, 5.41) is 2.95. The molecular weight excluding hydrogens is 686 g/mol. The second kappa shape index (κ2) is 15.3. The summed E-state index contributed by atoms with van der Waals surface area (Å²) in [6.45, 7) is 0.593.